The maximum atomic E-state index is 11.7. The van der Waals surface area contributed by atoms with Gasteiger partial charge >= 0.3 is 0 Å². The van der Waals surface area contributed by atoms with Crippen LogP contribution >= 0.6 is 0 Å². The van der Waals surface area contributed by atoms with Gasteiger partial charge in [-0.15, -0.1) is 0 Å². The normalized spacial score (nSPS) is 12.2. The molecule has 0 radical (unpaired) electrons. The summed E-state index contributed by atoms with van der Waals surface area (Å²) >= 11 is 0. The number of sulfonamides is 1. The highest BCUT2D eigenvalue weighted by molar-refractivity contribution is 7.89. The molecule has 5 nitrogen and oxygen atoms in total. The average Bonchev–Trinajstić information content (AvgIpc) is 2.61. The molecule has 1 aromatic rings. The van der Waals surface area contributed by atoms with E-state index in [-0.39, 0.29) is 12.3 Å². The van der Waals surface area contributed by atoms with Gasteiger partial charge in [0.1, 0.15) is 11.5 Å². The second kappa shape index (κ2) is 5.47. The molecule has 1 heterocycles. The monoisotopic (exact) mass is 246 g/mol. The fourth-order valence-electron chi connectivity index (χ4n) is 1.31. The second-order valence-electron chi connectivity index (χ2n) is 3.73. The molecule has 1 aromatic heterocycles. The Kier molecular flexibility index (Phi) is 4.52. The third kappa shape index (κ3) is 3.62. The Morgan fingerprint density at radius 1 is 1.44 bits per heavy atom. The summed E-state index contributed by atoms with van der Waals surface area (Å²) in [6.07, 6.45) is 0.476. The summed E-state index contributed by atoms with van der Waals surface area (Å²) in [5.74, 6) is 1.51. The molecule has 0 aliphatic heterocycles. The molecular weight excluding hydrogens is 228 g/mol. The first kappa shape index (κ1) is 13.2. The minimum atomic E-state index is -3.22. The third-order valence-corrected chi connectivity index (χ3v) is 4.14. The van der Waals surface area contributed by atoms with Crippen molar-refractivity contribution in [2.24, 2.45) is 5.73 Å². The van der Waals surface area contributed by atoms with Crippen LogP contribution in [0, 0.1) is 6.92 Å². The molecule has 0 amide bonds. The van der Waals surface area contributed by atoms with Crippen LogP contribution in [0.5, 0.6) is 0 Å². The molecule has 1 rings (SSSR count). The Morgan fingerprint density at radius 3 is 2.62 bits per heavy atom. The minimum Gasteiger partial charge on any atom is -0.465 e. The van der Waals surface area contributed by atoms with Crippen LogP contribution in [-0.4, -0.2) is 32.1 Å². The lowest BCUT2D eigenvalue weighted by Crippen LogP contribution is -2.29. The zero-order valence-electron chi connectivity index (χ0n) is 9.64. The van der Waals surface area contributed by atoms with E-state index in [2.05, 4.69) is 0 Å². The van der Waals surface area contributed by atoms with Crippen LogP contribution in [-0.2, 0) is 16.6 Å². The topological polar surface area (TPSA) is 76.5 Å². The summed E-state index contributed by atoms with van der Waals surface area (Å²) in [6, 6.07) is 3.60. The lowest BCUT2D eigenvalue weighted by molar-refractivity contribution is 0.397. The van der Waals surface area contributed by atoms with E-state index >= 15 is 0 Å². The molecule has 0 spiro atoms. The summed E-state index contributed by atoms with van der Waals surface area (Å²) in [6.45, 7) is 2.47. The van der Waals surface area contributed by atoms with Crippen LogP contribution in [0.4, 0.5) is 0 Å². The zero-order chi connectivity index (χ0) is 12.2. The molecule has 6 heteroatoms. The lowest BCUT2D eigenvalue weighted by atomic mass is 10.4. The van der Waals surface area contributed by atoms with E-state index in [0.717, 1.165) is 5.76 Å². The van der Waals surface area contributed by atoms with Gasteiger partial charge in [0, 0.05) is 7.05 Å². The number of aryl methyl sites for hydroxylation is 1. The van der Waals surface area contributed by atoms with Crippen LogP contribution < -0.4 is 5.73 Å². The molecule has 0 unspecified atom stereocenters. The third-order valence-electron chi connectivity index (χ3n) is 2.26. The predicted octanol–water partition coefficient (Wildman–Crippen LogP) is 0.698. The van der Waals surface area contributed by atoms with Gasteiger partial charge in [0.05, 0.1) is 12.3 Å². The highest BCUT2D eigenvalue weighted by Gasteiger charge is 2.18. The van der Waals surface area contributed by atoms with Gasteiger partial charge in [0.25, 0.3) is 0 Å². The van der Waals surface area contributed by atoms with Crippen molar-refractivity contribution in [3.63, 3.8) is 0 Å². The van der Waals surface area contributed by atoms with Crippen molar-refractivity contribution in [3.8, 4) is 0 Å². The molecule has 0 atom stereocenters. The fourth-order valence-corrected chi connectivity index (χ4v) is 2.48. The maximum Gasteiger partial charge on any atom is 0.214 e. The lowest BCUT2D eigenvalue weighted by Gasteiger charge is -2.15. The van der Waals surface area contributed by atoms with Gasteiger partial charge in [-0.05, 0) is 32.0 Å². The standard InChI is InChI=1S/C10H18N2O3S/c1-9-4-5-10(15-9)8-12(2)16(13,14)7-3-6-11/h4-5H,3,6-8,11H2,1-2H3. The smallest absolute Gasteiger partial charge is 0.214 e. The molecular formula is C10H18N2O3S. The van der Waals surface area contributed by atoms with Gasteiger partial charge in [0.15, 0.2) is 0 Å². The Labute approximate surface area is 96.3 Å². The quantitative estimate of drug-likeness (QED) is 0.801. The summed E-state index contributed by atoms with van der Waals surface area (Å²) in [5, 5.41) is 0. The number of nitrogens with two attached hydrogens (primary N) is 1. The SMILES string of the molecule is Cc1ccc(CN(C)S(=O)(=O)CCCN)o1. The minimum absolute atomic E-state index is 0.0830. The predicted molar refractivity (Wildman–Crippen MR) is 62.4 cm³/mol. The van der Waals surface area contributed by atoms with Crippen molar-refractivity contribution in [1.29, 1.82) is 0 Å². The second-order valence-corrected chi connectivity index (χ2v) is 5.92. The molecule has 0 saturated carbocycles. The Morgan fingerprint density at radius 2 is 2.12 bits per heavy atom. The van der Waals surface area contributed by atoms with Crippen molar-refractivity contribution < 1.29 is 12.8 Å². The Balaban J connectivity index is 2.61. The van der Waals surface area contributed by atoms with Crippen molar-refractivity contribution >= 4 is 10.0 Å². The van der Waals surface area contributed by atoms with E-state index in [0.29, 0.717) is 18.7 Å². The number of furan rings is 1. The molecule has 92 valence electrons. The molecule has 0 aliphatic carbocycles. The van der Waals surface area contributed by atoms with E-state index in [1.165, 1.54) is 4.31 Å². The van der Waals surface area contributed by atoms with Gasteiger partial charge < -0.3 is 10.2 Å². The van der Waals surface area contributed by atoms with E-state index in [1.54, 1.807) is 13.1 Å². The number of hydrogen-bond acceptors (Lipinski definition) is 4. The molecule has 0 bridgehead atoms. The first-order chi connectivity index (χ1) is 7.45. The van der Waals surface area contributed by atoms with E-state index < -0.39 is 10.0 Å². The van der Waals surface area contributed by atoms with Gasteiger partial charge in [0.2, 0.25) is 10.0 Å². The van der Waals surface area contributed by atoms with Gasteiger partial charge in [-0.1, -0.05) is 0 Å². The van der Waals surface area contributed by atoms with Crippen molar-refractivity contribution in [2.45, 2.75) is 19.9 Å². The number of hydrogen-bond donors (Lipinski definition) is 1. The van der Waals surface area contributed by atoms with E-state index in [9.17, 15) is 8.42 Å². The maximum absolute atomic E-state index is 11.7. The molecule has 0 fully saturated rings. The van der Waals surface area contributed by atoms with Crippen LogP contribution in [0.15, 0.2) is 16.5 Å². The molecule has 16 heavy (non-hydrogen) atoms. The van der Waals surface area contributed by atoms with Crippen LogP contribution in [0.1, 0.15) is 17.9 Å². The van der Waals surface area contributed by atoms with Crippen molar-refractivity contribution in [3.05, 3.63) is 23.7 Å². The largest absolute Gasteiger partial charge is 0.465 e. The van der Waals surface area contributed by atoms with Gasteiger partial charge in [-0.3, -0.25) is 0 Å². The first-order valence-electron chi connectivity index (χ1n) is 5.15. The number of rotatable bonds is 6. The molecule has 0 aliphatic rings. The van der Waals surface area contributed by atoms with E-state index in [1.807, 2.05) is 13.0 Å². The summed E-state index contributed by atoms with van der Waals surface area (Å²) < 4.78 is 30.1. The average molecular weight is 246 g/mol. The highest BCUT2D eigenvalue weighted by Crippen LogP contribution is 2.11. The van der Waals surface area contributed by atoms with Crippen molar-refractivity contribution in [1.82, 2.24) is 4.31 Å². The van der Waals surface area contributed by atoms with Crippen LogP contribution in [0.3, 0.4) is 0 Å². The van der Waals surface area contributed by atoms with Gasteiger partial charge in [-0.25, -0.2) is 8.42 Å². The van der Waals surface area contributed by atoms with Crippen LogP contribution in [0.25, 0.3) is 0 Å². The Bertz CT molecular complexity index is 425. The molecule has 0 saturated heterocycles. The summed E-state index contributed by atoms with van der Waals surface area (Å²) in [7, 11) is -1.67. The van der Waals surface area contributed by atoms with Crippen LogP contribution in [0.2, 0.25) is 0 Å². The highest BCUT2D eigenvalue weighted by atomic mass is 32.2. The zero-order valence-corrected chi connectivity index (χ0v) is 10.5. The summed E-state index contributed by atoms with van der Waals surface area (Å²) in [5.41, 5.74) is 5.29. The summed E-state index contributed by atoms with van der Waals surface area (Å²) in [4.78, 5) is 0. The van der Waals surface area contributed by atoms with Crippen molar-refractivity contribution in [2.75, 3.05) is 19.3 Å². The van der Waals surface area contributed by atoms with Gasteiger partial charge in [-0.2, -0.15) is 4.31 Å². The Hall–Kier alpha value is -0.850. The molecule has 0 aromatic carbocycles. The number of nitrogens with zero attached hydrogens (tertiary/aromatic N) is 1. The molecule has 2 N–H and O–H groups in total. The van der Waals surface area contributed by atoms with E-state index in [4.69, 9.17) is 10.2 Å². The first-order valence-corrected chi connectivity index (χ1v) is 6.76. The fraction of sp³-hybridized carbons (Fsp3) is 0.600.